The van der Waals surface area contributed by atoms with Crippen LogP contribution in [-0.4, -0.2) is 12.6 Å². The Balaban J connectivity index is 2.12. The molecular weight excluding hydrogens is 158 g/mol. The van der Waals surface area contributed by atoms with E-state index in [1.807, 2.05) is 0 Å². The first-order valence-electron chi connectivity index (χ1n) is 5.95. The standard InChI is InChI=1S/C12H25N/c1-4-7-13-12-6-5-11(9-12)8-10(2)3/h10-13H,4-9H2,1-3H3. The van der Waals surface area contributed by atoms with E-state index < -0.39 is 0 Å². The molecule has 0 aromatic heterocycles. The molecule has 1 fully saturated rings. The minimum absolute atomic E-state index is 0.837. The van der Waals surface area contributed by atoms with Gasteiger partial charge in [0.1, 0.15) is 0 Å². The largest absolute Gasteiger partial charge is 0.314 e. The summed E-state index contributed by atoms with van der Waals surface area (Å²) in [6.07, 6.45) is 7.00. The lowest BCUT2D eigenvalue weighted by Crippen LogP contribution is -2.27. The molecule has 0 aliphatic heterocycles. The van der Waals surface area contributed by atoms with Crippen molar-refractivity contribution < 1.29 is 0 Å². The Kier molecular flexibility index (Phi) is 4.79. The van der Waals surface area contributed by atoms with E-state index in [9.17, 15) is 0 Å². The van der Waals surface area contributed by atoms with E-state index >= 15 is 0 Å². The smallest absolute Gasteiger partial charge is 0.00698 e. The van der Waals surface area contributed by atoms with Gasteiger partial charge >= 0.3 is 0 Å². The molecule has 0 bridgehead atoms. The lowest BCUT2D eigenvalue weighted by Gasteiger charge is -2.14. The second-order valence-corrected chi connectivity index (χ2v) is 4.96. The molecule has 0 amide bonds. The predicted octanol–water partition coefficient (Wildman–Crippen LogP) is 3.20. The summed E-state index contributed by atoms with van der Waals surface area (Å²) in [5.74, 6) is 1.89. The quantitative estimate of drug-likeness (QED) is 0.690. The van der Waals surface area contributed by atoms with Gasteiger partial charge in [0.05, 0.1) is 0 Å². The van der Waals surface area contributed by atoms with Crippen LogP contribution in [-0.2, 0) is 0 Å². The molecule has 1 rings (SSSR count). The van der Waals surface area contributed by atoms with Crippen LogP contribution >= 0.6 is 0 Å². The van der Waals surface area contributed by atoms with Crippen molar-refractivity contribution in [2.75, 3.05) is 6.54 Å². The Morgan fingerprint density at radius 3 is 2.69 bits per heavy atom. The Morgan fingerprint density at radius 1 is 1.31 bits per heavy atom. The fraction of sp³-hybridized carbons (Fsp3) is 1.00. The first-order chi connectivity index (χ1) is 6.22. The van der Waals surface area contributed by atoms with Gasteiger partial charge < -0.3 is 5.32 Å². The second-order valence-electron chi connectivity index (χ2n) is 4.96. The molecule has 13 heavy (non-hydrogen) atoms. The molecule has 0 aromatic rings. The van der Waals surface area contributed by atoms with Crippen LogP contribution in [0, 0.1) is 11.8 Å². The molecule has 2 unspecified atom stereocenters. The van der Waals surface area contributed by atoms with Crippen molar-refractivity contribution in [2.24, 2.45) is 11.8 Å². The highest BCUT2D eigenvalue weighted by Gasteiger charge is 2.24. The molecule has 0 radical (unpaired) electrons. The molecule has 78 valence electrons. The third-order valence-electron chi connectivity index (χ3n) is 3.03. The monoisotopic (exact) mass is 183 g/mol. The average Bonchev–Trinajstić information content (AvgIpc) is 2.48. The van der Waals surface area contributed by atoms with E-state index in [0.717, 1.165) is 17.9 Å². The normalized spacial score (nSPS) is 28.6. The minimum atomic E-state index is 0.837. The third-order valence-corrected chi connectivity index (χ3v) is 3.03. The summed E-state index contributed by atoms with van der Waals surface area (Å²) in [6.45, 7) is 8.13. The van der Waals surface area contributed by atoms with Gasteiger partial charge in [-0.3, -0.25) is 0 Å². The predicted molar refractivity (Wildman–Crippen MR) is 58.9 cm³/mol. The van der Waals surface area contributed by atoms with Crippen molar-refractivity contribution >= 4 is 0 Å². The lowest BCUT2D eigenvalue weighted by molar-refractivity contribution is 0.404. The van der Waals surface area contributed by atoms with E-state index in [1.165, 1.54) is 38.6 Å². The van der Waals surface area contributed by atoms with Crippen molar-refractivity contribution in [3.8, 4) is 0 Å². The molecule has 0 spiro atoms. The summed E-state index contributed by atoms with van der Waals surface area (Å²) >= 11 is 0. The molecule has 1 N–H and O–H groups in total. The van der Waals surface area contributed by atoms with Gasteiger partial charge in [-0.1, -0.05) is 20.8 Å². The highest BCUT2D eigenvalue weighted by Crippen LogP contribution is 2.30. The molecular formula is C12H25N. The van der Waals surface area contributed by atoms with Crippen LogP contribution in [0.2, 0.25) is 0 Å². The first kappa shape index (κ1) is 11.0. The fourth-order valence-corrected chi connectivity index (χ4v) is 2.49. The van der Waals surface area contributed by atoms with Crippen LogP contribution in [0.15, 0.2) is 0 Å². The van der Waals surface area contributed by atoms with Gasteiger partial charge in [0.2, 0.25) is 0 Å². The van der Waals surface area contributed by atoms with Crippen LogP contribution in [0.5, 0.6) is 0 Å². The molecule has 1 aliphatic rings. The Labute approximate surface area is 83.3 Å². The molecule has 0 aromatic carbocycles. The van der Waals surface area contributed by atoms with Gasteiger partial charge in [0.15, 0.2) is 0 Å². The van der Waals surface area contributed by atoms with Gasteiger partial charge in [0.25, 0.3) is 0 Å². The van der Waals surface area contributed by atoms with Crippen molar-refractivity contribution in [2.45, 2.75) is 58.9 Å². The SMILES string of the molecule is CCCNC1CCC(CC(C)C)C1. The molecule has 0 saturated heterocycles. The summed E-state index contributed by atoms with van der Waals surface area (Å²) in [5.41, 5.74) is 0. The van der Waals surface area contributed by atoms with Gasteiger partial charge in [0, 0.05) is 6.04 Å². The Morgan fingerprint density at radius 2 is 2.08 bits per heavy atom. The Hall–Kier alpha value is -0.0400. The van der Waals surface area contributed by atoms with Crippen LogP contribution in [0.25, 0.3) is 0 Å². The Bertz CT molecular complexity index is 131. The van der Waals surface area contributed by atoms with E-state index in [-0.39, 0.29) is 0 Å². The fourth-order valence-electron chi connectivity index (χ4n) is 2.49. The van der Waals surface area contributed by atoms with Gasteiger partial charge in [-0.2, -0.15) is 0 Å². The summed E-state index contributed by atoms with van der Waals surface area (Å²) in [5, 5.41) is 3.63. The maximum absolute atomic E-state index is 3.63. The molecule has 1 nitrogen and oxygen atoms in total. The molecule has 0 heterocycles. The zero-order valence-corrected chi connectivity index (χ0v) is 9.47. The summed E-state index contributed by atoms with van der Waals surface area (Å²) < 4.78 is 0. The highest BCUT2D eigenvalue weighted by molar-refractivity contribution is 4.80. The van der Waals surface area contributed by atoms with Gasteiger partial charge in [-0.15, -0.1) is 0 Å². The van der Waals surface area contributed by atoms with Crippen molar-refractivity contribution in [1.29, 1.82) is 0 Å². The molecule has 2 atom stereocenters. The summed E-state index contributed by atoms with van der Waals surface area (Å²) in [6, 6.07) is 0.837. The second kappa shape index (κ2) is 5.64. The average molecular weight is 183 g/mol. The number of hydrogen-bond acceptors (Lipinski definition) is 1. The maximum atomic E-state index is 3.63. The van der Waals surface area contributed by atoms with Crippen molar-refractivity contribution in [3.63, 3.8) is 0 Å². The van der Waals surface area contributed by atoms with Crippen molar-refractivity contribution in [1.82, 2.24) is 5.32 Å². The van der Waals surface area contributed by atoms with E-state index in [1.54, 1.807) is 0 Å². The van der Waals surface area contributed by atoms with Crippen LogP contribution in [0.1, 0.15) is 52.9 Å². The van der Waals surface area contributed by atoms with Crippen molar-refractivity contribution in [3.05, 3.63) is 0 Å². The van der Waals surface area contributed by atoms with E-state index in [0.29, 0.717) is 0 Å². The lowest BCUT2D eigenvalue weighted by atomic mass is 9.96. The summed E-state index contributed by atoms with van der Waals surface area (Å²) in [7, 11) is 0. The van der Waals surface area contributed by atoms with Crippen LogP contribution in [0.3, 0.4) is 0 Å². The van der Waals surface area contributed by atoms with Gasteiger partial charge in [-0.05, 0) is 50.5 Å². The van der Waals surface area contributed by atoms with E-state index in [4.69, 9.17) is 0 Å². The zero-order chi connectivity index (χ0) is 9.68. The molecule has 1 aliphatic carbocycles. The zero-order valence-electron chi connectivity index (χ0n) is 9.47. The third kappa shape index (κ3) is 4.12. The minimum Gasteiger partial charge on any atom is -0.314 e. The number of hydrogen-bond donors (Lipinski definition) is 1. The molecule has 1 saturated carbocycles. The topological polar surface area (TPSA) is 12.0 Å². The van der Waals surface area contributed by atoms with Gasteiger partial charge in [-0.25, -0.2) is 0 Å². The van der Waals surface area contributed by atoms with Crippen LogP contribution in [0.4, 0.5) is 0 Å². The number of nitrogens with one attached hydrogen (secondary N) is 1. The van der Waals surface area contributed by atoms with E-state index in [2.05, 4.69) is 26.1 Å². The number of rotatable bonds is 5. The highest BCUT2D eigenvalue weighted by atomic mass is 14.9. The molecule has 1 heteroatoms. The first-order valence-corrected chi connectivity index (χ1v) is 5.95. The maximum Gasteiger partial charge on any atom is 0.00698 e. The van der Waals surface area contributed by atoms with Crippen LogP contribution < -0.4 is 5.32 Å². The summed E-state index contributed by atoms with van der Waals surface area (Å²) in [4.78, 5) is 0.